The normalized spacial score (nSPS) is 12.3. The van der Waals surface area contributed by atoms with E-state index in [1.807, 2.05) is 63.4 Å². The molecule has 0 aliphatic carbocycles. The van der Waals surface area contributed by atoms with E-state index in [0.29, 0.717) is 17.5 Å². The van der Waals surface area contributed by atoms with Crippen molar-refractivity contribution in [2.24, 2.45) is 0 Å². The molecule has 5 nitrogen and oxygen atoms in total. The van der Waals surface area contributed by atoms with Gasteiger partial charge in [0.25, 0.3) is 0 Å². The molecule has 283 valence electrons. The van der Waals surface area contributed by atoms with E-state index in [1.165, 1.54) is 22.0 Å². The first-order chi connectivity index (χ1) is 26.1. The van der Waals surface area contributed by atoms with Crippen molar-refractivity contribution in [3.05, 3.63) is 138 Å². The van der Waals surface area contributed by atoms with Crippen LogP contribution in [0.15, 0.2) is 108 Å². The Morgan fingerprint density at radius 1 is 0.764 bits per heavy atom. The Balaban J connectivity index is 0.000000217. The SMILES string of the molecule is Cc1ccc2c(n1)oc1c(-c3nc4ccccc4n3-c3c(C(C)C)cccc3C(C)C)[c-]ccc12.[2H]C(C)(C)c1c[c-]c(-c2ccc([Si](C)(C)C)cn2)cc1.[Ir]. The molecule has 0 unspecified atom stereocenters. The van der Waals surface area contributed by atoms with Gasteiger partial charge in [0.2, 0.25) is 5.71 Å². The Kier molecular flexibility index (Phi) is 11.4. The third-order valence-corrected chi connectivity index (χ3v) is 12.1. The number of imidazole rings is 1. The average molecular weight is 920 g/mol. The van der Waals surface area contributed by atoms with Crippen molar-refractivity contribution in [2.45, 2.75) is 85.8 Å². The Morgan fingerprint density at radius 2 is 1.49 bits per heavy atom. The Labute approximate surface area is 342 Å². The second kappa shape index (κ2) is 16.2. The molecule has 0 saturated heterocycles. The second-order valence-electron chi connectivity index (χ2n) is 16.0. The number of hydrogen-bond donors (Lipinski definition) is 0. The van der Waals surface area contributed by atoms with Gasteiger partial charge in [-0.2, -0.15) is 0 Å². The van der Waals surface area contributed by atoms with Crippen molar-refractivity contribution in [2.75, 3.05) is 0 Å². The third kappa shape index (κ3) is 8.02. The second-order valence-corrected chi connectivity index (χ2v) is 21.1. The zero-order chi connectivity index (χ0) is 39.2. The molecule has 0 saturated carbocycles. The molecule has 8 rings (SSSR count). The summed E-state index contributed by atoms with van der Waals surface area (Å²) in [5.74, 6) is 0.971. The van der Waals surface area contributed by atoms with Crippen LogP contribution in [0.5, 0.6) is 0 Å². The summed E-state index contributed by atoms with van der Waals surface area (Å²) in [7, 11) is -1.29. The molecule has 0 spiro atoms. The number of furan rings is 1. The monoisotopic (exact) mass is 920 g/mol. The van der Waals surface area contributed by atoms with Gasteiger partial charge in [-0.25, -0.2) is 4.98 Å². The number of hydrogen-bond acceptors (Lipinski definition) is 4. The largest absolute Gasteiger partial charge is 0.486 e. The first kappa shape index (κ1) is 38.6. The fraction of sp³-hybridized carbons (Fsp3) is 0.271. The molecule has 0 fully saturated rings. The summed E-state index contributed by atoms with van der Waals surface area (Å²) in [5, 5.41) is 3.40. The van der Waals surface area contributed by atoms with E-state index in [-0.39, 0.29) is 20.1 Å². The Morgan fingerprint density at radius 3 is 2.11 bits per heavy atom. The summed E-state index contributed by atoms with van der Waals surface area (Å²) < 4.78 is 16.7. The maximum atomic E-state index is 8.01. The molecule has 0 amide bonds. The predicted molar refractivity (Wildman–Crippen MR) is 229 cm³/mol. The van der Waals surface area contributed by atoms with Gasteiger partial charge in [-0.05, 0) is 65.0 Å². The van der Waals surface area contributed by atoms with Gasteiger partial charge < -0.3 is 14.0 Å². The molecule has 4 heterocycles. The molecule has 8 aromatic rings. The van der Waals surface area contributed by atoms with Gasteiger partial charge in [-0.1, -0.05) is 120 Å². The molecule has 4 aromatic heterocycles. The van der Waals surface area contributed by atoms with E-state index in [9.17, 15) is 0 Å². The molecule has 4 aromatic carbocycles. The van der Waals surface area contributed by atoms with Gasteiger partial charge in [-0.3, -0.25) is 4.98 Å². The first-order valence-electron chi connectivity index (χ1n) is 19.4. The van der Waals surface area contributed by atoms with Crippen LogP contribution in [0.3, 0.4) is 0 Å². The van der Waals surface area contributed by atoms with Crippen molar-refractivity contribution in [3.8, 4) is 28.3 Å². The number of aryl methyl sites for hydroxylation is 1. The summed E-state index contributed by atoms with van der Waals surface area (Å²) in [6.07, 6.45) is 2.00. The van der Waals surface area contributed by atoms with Crippen molar-refractivity contribution in [1.29, 1.82) is 0 Å². The number of nitrogens with zero attached hydrogens (tertiary/aromatic N) is 4. The Hall–Kier alpha value is -4.68. The van der Waals surface area contributed by atoms with Crippen molar-refractivity contribution < 1.29 is 25.9 Å². The summed E-state index contributed by atoms with van der Waals surface area (Å²) in [6, 6.07) is 40.0. The van der Waals surface area contributed by atoms with Crippen LogP contribution in [-0.4, -0.2) is 27.6 Å². The first-order valence-corrected chi connectivity index (χ1v) is 22.4. The van der Waals surface area contributed by atoms with Crippen LogP contribution in [0.2, 0.25) is 19.6 Å². The van der Waals surface area contributed by atoms with E-state index < -0.39 is 14.0 Å². The van der Waals surface area contributed by atoms with Crippen LogP contribution in [0.25, 0.3) is 61.4 Å². The fourth-order valence-electron chi connectivity index (χ4n) is 6.96. The standard InChI is InChI=1S/C31H28N3O.C17H22NSi.Ir/c1-18(2)21-10-8-11-22(19(3)4)28(21)34-27-15-7-6-14-26(27)33-30(34)25-13-9-12-23-24-17-16-20(5)32-31(24)35-29(23)25;1-13(2)14-6-8-15(9-7-14)17-11-10-16(12-18-17)19(3,4)5;/h6-12,14-19H,1-5H3;6-8,10-13H,1-5H3;/q2*-1;/i;13D;. The van der Waals surface area contributed by atoms with E-state index in [0.717, 1.165) is 61.3 Å². The number of rotatable bonds is 7. The van der Waals surface area contributed by atoms with Crippen LogP contribution in [0.4, 0.5) is 0 Å². The smallest absolute Gasteiger partial charge is 0.216 e. The van der Waals surface area contributed by atoms with Crippen LogP contribution in [-0.2, 0) is 20.1 Å². The molecule has 0 bridgehead atoms. The van der Waals surface area contributed by atoms with Gasteiger partial charge in [-0.15, -0.1) is 53.6 Å². The maximum Gasteiger partial charge on any atom is 0.216 e. The van der Waals surface area contributed by atoms with Crippen molar-refractivity contribution in [1.82, 2.24) is 19.5 Å². The number of para-hydroxylation sites is 3. The van der Waals surface area contributed by atoms with Gasteiger partial charge in [0.15, 0.2) is 0 Å². The summed E-state index contributed by atoms with van der Waals surface area (Å²) in [4.78, 5) is 14.4. The average Bonchev–Trinajstić information content (AvgIpc) is 3.72. The molecule has 55 heavy (non-hydrogen) atoms. The molecular weight excluding hydrogens is 869 g/mol. The molecule has 0 aliphatic heterocycles. The molecule has 7 heteroatoms. The topological polar surface area (TPSA) is 56.7 Å². The third-order valence-electron chi connectivity index (χ3n) is 10.1. The number of pyridine rings is 2. The molecular formula is C48H50IrN4OSi-2. The Bertz CT molecular complexity index is 2550. The fourth-order valence-corrected chi connectivity index (χ4v) is 8.00. The van der Waals surface area contributed by atoms with Crippen molar-refractivity contribution >= 4 is 46.4 Å². The summed E-state index contributed by atoms with van der Waals surface area (Å²) in [5.41, 5.74) is 11.9. The van der Waals surface area contributed by atoms with Gasteiger partial charge in [0, 0.05) is 44.4 Å². The molecule has 1 radical (unpaired) electrons. The van der Waals surface area contributed by atoms with Gasteiger partial charge >= 0.3 is 0 Å². The van der Waals surface area contributed by atoms with Crippen LogP contribution >= 0.6 is 0 Å². The number of fused-ring (bicyclic) bond motifs is 4. The summed E-state index contributed by atoms with van der Waals surface area (Å²) >= 11 is 0. The number of benzene rings is 4. The predicted octanol–water partition coefficient (Wildman–Crippen LogP) is 12.6. The van der Waals surface area contributed by atoms with E-state index in [2.05, 4.69) is 135 Å². The van der Waals surface area contributed by atoms with Crippen molar-refractivity contribution in [3.63, 3.8) is 0 Å². The van der Waals surface area contributed by atoms with Gasteiger partial charge in [0.05, 0.1) is 30.5 Å². The minimum atomic E-state index is -1.29. The van der Waals surface area contributed by atoms with Crippen LogP contribution in [0, 0.1) is 19.1 Å². The maximum absolute atomic E-state index is 8.01. The van der Waals surface area contributed by atoms with Crippen LogP contribution < -0.4 is 5.19 Å². The van der Waals surface area contributed by atoms with Gasteiger partial charge in [0.1, 0.15) is 0 Å². The summed E-state index contributed by atoms with van der Waals surface area (Å²) in [6.45, 7) is 21.7. The minimum Gasteiger partial charge on any atom is -0.486 e. The molecule has 0 atom stereocenters. The van der Waals surface area contributed by atoms with E-state index in [1.54, 1.807) is 0 Å². The molecule has 0 aliphatic rings. The van der Waals surface area contributed by atoms with E-state index >= 15 is 0 Å². The quantitative estimate of drug-likeness (QED) is 0.118. The molecule has 0 N–H and O–H groups in total. The minimum absolute atomic E-state index is 0. The van der Waals surface area contributed by atoms with Crippen LogP contribution in [0.1, 0.15) is 83.0 Å². The number of aromatic nitrogens is 4. The zero-order valence-corrected chi connectivity index (χ0v) is 36.9. The zero-order valence-electron chi connectivity index (χ0n) is 34.5. The van der Waals surface area contributed by atoms with E-state index in [4.69, 9.17) is 10.8 Å².